The van der Waals surface area contributed by atoms with Gasteiger partial charge in [-0.1, -0.05) is 290 Å². The van der Waals surface area contributed by atoms with Gasteiger partial charge in [0, 0.05) is 25.7 Å². The average molecular weight is 1310 g/mol. The largest absolute Gasteiger partial charge is 0.472 e. The van der Waals surface area contributed by atoms with Crippen molar-refractivity contribution in [2.24, 2.45) is 0 Å². The fourth-order valence-electron chi connectivity index (χ4n) is 10.2. The van der Waals surface area contributed by atoms with Gasteiger partial charge in [0.25, 0.3) is 0 Å². The molecule has 0 saturated carbocycles. The zero-order valence-corrected chi connectivity index (χ0v) is 58.7. The Kier molecular flexibility index (Phi) is 62.5. The van der Waals surface area contributed by atoms with Gasteiger partial charge in [-0.15, -0.1) is 0 Å². The van der Waals surface area contributed by atoms with Crippen molar-refractivity contribution in [3.05, 3.63) is 24.3 Å². The van der Waals surface area contributed by atoms with Crippen molar-refractivity contribution in [3.63, 3.8) is 0 Å². The van der Waals surface area contributed by atoms with Crippen LogP contribution in [0.5, 0.6) is 0 Å². The topological polar surface area (TPSA) is 237 Å². The van der Waals surface area contributed by atoms with E-state index in [0.29, 0.717) is 25.7 Å². The molecule has 0 aliphatic rings. The van der Waals surface area contributed by atoms with Crippen LogP contribution in [0.25, 0.3) is 0 Å². The van der Waals surface area contributed by atoms with Crippen LogP contribution in [0.4, 0.5) is 0 Å². The number of carbonyl (C=O) groups is 4. The summed E-state index contributed by atoms with van der Waals surface area (Å²) in [5.74, 6) is -2.17. The summed E-state index contributed by atoms with van der Waals surface area (Å²) in [7, 11) is -9.90. The van der Waals surface area contributed by atoms with E-state index >= 15 is 0 Å². The molecule has 0 radical (unpaired) electrons. The summed E-state index contributed by atoms with van der Waals surface area (Å²) < 4.78 is 67.9. The van der Waals surface area contributed by atoms with Crippen molar-refractivity contribution in [2.75, 3.05) is 39.6 Å². The van der Waals surface area contributed by atoms with E-state index in [-0.39, 0.29) is 25.7 Å². The van der Waals surface area contributed by atoms with E-state index in [2.05, 4.69) is 52.0 Å². The molecule has 0 amide bonds. The summed E-state index contributed by atoms with van der Waals surface area (Å²) in [4.78, 5) is 72.1. The van der Waals surface area contributed by atoms with Crippen LogP contribution < -0.4 is 0 Å². The Hall–Kier alpha value is -2.46. The number of aliphatic hydroxyl groups excluding tert-OH is 1. The minimum Gasteiger partial charge on any atom is -0.462 e. The molecule has 0 bridgehead atoms. The third kappa shape index (κ3) is 64.1. The third-order valence-electron chi connectivity index (χ3n) is 15.7. The van der Waals surface area contributed by atoms with Crippen molar-refractivity contribution < 1.29 is 80.2 Å². The van der Waals surface area contributed by atoms with Crippen LogP contribution in [0.1, 0.15) is 342 Å². The fraction of sp³-hybridized carbons (Fsp3) is 0.886. The van der Waals surface area contributed by atoms with E-state index in [1.54, 1.807) is 0 Å². The highest BCUT2D eigenvalue weighted by molar-refractivity contribution is 7.47. The molecule has 19 heteroatoms. The molecule has 0 aliphatic heterocycles. The van der Waals surface area contributed by atoms with Crippen molar-refractivity contribution in [1.82, 2.24) is 0 Å². The molecule has 2 unspecified atom stereocenters. The lowest BCUT2D eigenvalue weighted by Gasteiger charge is -2.21. The van der Waals surface area contributed by atoms with Crippen LogP contribution in [0.15, 0.2) is 24.3 Å². The van der Waals surface area contributed by atoms with E-state index in [0.717, 1.165) is 116 Å². The third-order valence-corrected chi connectivity index (χ3v) is 17.6. The van der Waals surface area contributed by atoms with Crippen LogP contribution in [0, 0.1) is 0 Å². The van der Waals surface area contributed by atoms with Crippen molar-refractivity contribution in [2.45, 2.75) is 361 Å². The Balaban J connectivity index is 5.15. The Morgan fingerprint density at radius 2 is 0.539 bits per heavy atom. The minimum atomic E-state index is -4.96. The van der Waals surface area contributed by atoms with Gasteiger partial charge < -0.3 is 33.8 Å². The molecule has 17 nitrogen and oxygen atoms in total. The molecule has 524 valence electrons. The van der Waals surface area contributed by atoms with Crippen LogP contribution >= 0.6 is 15.6 Å². The zero-order valence-electron chi connectivity index (χ0n) is 56.9. The molecule has 3 N–H and O–H groups in total. The van der Waals surface area contributed by atoms with Gasteiger partial charge in [0.15, 0.2) is 12.2 Å². The molecular formula is C70H132O17P2. The number of unbranched alkanes of at least 4 members (excludes halogenated alkanes) is 40. The first kappa shape index (κ1) is 86.5. The minimum absolute atomic E-state index is 0.102. The number of carbonyl (C=O) groups excluding carboxylic acids is 4. The Bertz CT molecular complexity index is 1800. The van der Waals surface area contributed by atoms with Gasteiger partial charge in [-0.2, -0.15) is 0 Å². The van der Waals surface area contributed by atoms with Crippen LogP contribution in [0.3, 0.4) is 0 Å². The smallest absolute Gasteiger partial charge is 0.462 e. The lowest BCUT2D eigenvalue weighted by Crippen LogP contribution is -2.30. The summed E-state index contributed by atoms with van der Waals surface area (Å²) in [6, 6.07) is 0. The van der Waals surface area contributed by atoms with Gasteiger partial charge in [0.2, 0.25) is 0 Å². The molecule has 0 aliphatic carbocycles. The fourth-order valence-corrected chi connectivity index (χ4v) is 11.7. The highest BCUT2D eigenvalue weighted by Gasteiger charge is 2.30. The van der Waals surface area contributed by atoms with Gasteiger partial charge in [-0.3, -0.25) is 37.3 Å². The van der Waals surface area contributed by atoms with Gasteiger partial charge in [0.1, 0.15) is 19.3 Å². The lowest BCUT2D eigenvalue weighted by molar-refractivity contribution is -0.161. The van der Waals surface area contributed by atoms with E-state index in [1.165, 1.54) is 148 Å². The number of hydrogen-bond acceptors (Lipinski definition) is 15. The summed E-state index contributed by atoms with van der Waals surface area (Å²) >= 11 is 0. The molecule has 5 atom stereocenters. The first-order valence-corrected chi connectivity index (χ1v) is 39.1. The molecule has 89 heavy (non-hydrogen) atoms. The van der Waals surface area contributed by atoms with Crippen LogP contribution in [-0.4, -0.2) is 96.7 Å². The Labute approximate surface area is 542 Å². The van der Waals surface area contributed by atoms with Gasteiger partial charge in [0.05, 0.1) is 26.4 Å². The van der Waals surface area contributed by atoms with E-state index in [4.69, 9.17) is 37.0 Å². The van der Waals surface area contributed by atoms with E-state index in [9.17, 15) is 43.2 Å². The van der Waals surface area contributed by atoms with Gasteiger partial charge >= 0.3 is 39.5 Å². The number of aliphatic hydroxyl groups is 1. The molecule has 0 fully saturated rings. The molecule has 0 aromatic rings. The second-order valence-electron chi connectivity index (χ2n) is 24.6. The maximum Gasteiger partial charge on any atom is 0.472 e. The highest BCUT2D eigenvalue weighted by atomic mass is 31.2. The van der Waals surface area contributed by atoms with Gasteiger partial charge in [-0.05, 0) is 51.4 Å². The number of phosphoric ester groups is 2. The van der Waals surface area contributed by atoms with Crippen molar-refractivity contribution >= 4 is 39.5 Å². The molecular weight excluding hydrogens is 1170 g/mol. The number of allylic oxidation sites excluding steroid dienone is 4. The summed E-state index contributed by atoms with van der Waals surface area (Å²) in [5.41, 5.74) is 0. The predicted octanol–water partition coefficient (Wildman–Crippen LogP) is 19.8. The second kappa shape index (κ2) is 64.3. The van der Waals surface area contributed by atoms with Crippen LogP contribution in [-0.2, 0) is 65.4 Å². The molecule has 0 spiro atoms. The summed E-state index contributed by atoms with van der Waals surface area (Å²) in [6.07, 6.45) is 55.5. The van der Waals surface area contributed by atoms with Gasteiger partial charge in [-0.25, -0.2) is 9.13 Å². The Morgan fingerprint density at radius 1 is 0.315 bits per heavy atom. The number of hydrogen-bond donors (Lipinski definition) is 3. The first-order valence-electron chi connectivity index (χ1n) is 36.1. The number of phosphoric acid groups is 2. The number of ether oxygens (including phenoxy) is 4. The average Bonchev–Trinajstić information content (AvgIpc) is 3.65. The molecule has 0 rings (SSSR count). The SMILES string of the molecule is CCCCCC/C=C\C=C/CCCCCCCC(=O)OC[C@H](COP(=O)(O)OC[C@@H](O)COP(=O)(O)OC[C@@H](COC(=O)CCCCCCC)OC(=O)CCCCCCCCCCC)OC(=O)CCCCCCCCCCCCCCCCCCCCCC. The van der Waals surface area contributed by atoms with E-state index in [1.807, 2.05) is 0 Å². The molecule has 0 aromatic carbocycles. The monoisotopic (exact) mass is 1310 g/mol. The molecule has 0 saturated heterocycles. The summed E-state index contributed by atoms with van der Waals surface area (Å²) in [6.45, 7) is 4.76. The first-order chi connectivity index (χ1) is 43.2. The van der Waals surface area contributed by atoms with Crippen molar-refractivity contribution in [1.29, 1.82) is 0 Å². The second-order valence-corrected chi connectivity index (χ2v) is 27.5. The summed E-state index contributed by atoms with van der Waals surface area (Å²) in [5, 5.41) is 10.5. The van der Waals surface area contributed by atoms with Crippen molar-refractivity contribution in [3.8, 4) is 0 Å². The maximum absolute atomic E-state index is 13.0. The standard InChI is InChI=1S/C70H132O17P2/c1-5-9-13-17-20-23-25-27-29-30-31-32-33-35-37-39-42-45-49-53-57-70(75)87-66(61-81-68(73)55-51-47-43-41-38-36-34-28-26-24-21-18-14-10-6-2)63-85-89(78,79)83-59-64(71)58-82-88(76,77)84-62-65(60-80-67(72)54-50-46-16-12-8-4)86-69(74)56-52-48-44-40-22-19-15-11-7-3/h24,26,28,34,64-66,71H,5-23,25,27,29-33,35-63H2,1-4H3,(H,76,77)(H,78,79)/b26-24-,34-28-/t64-,65+,66+/m0/s1. The molecule has 0 aromatic heterocycles. The Morgan fingerprint density at radius 3 is 0.820 bits per heavy atom. The number of rotatable bonds is 69. The highest BCUT2D eigenvalue weighted by Crippen LogP contribution is 2.45. The maximum atomic E-state index is 13.0. The molecule has 0 heterocycles. The lowest BCUT2D eigenvalue weighted by atomic mass is 10.0. The predicted molar refractivity (Wildman–Crippen MR) is 358 cm³/mol. The quantitative estimate of drug-likeness (QED) is 0.0169. The van der Waals surface area contributed by atoms with Crippen LogP contribution in [0.2, 0.25) is 0 Å². The number of esters is 4. The normalized spacial score (nSPS) is 14.2. The van der Waals surface area contributed by atoms with E-state index < -0.39 is 97.5 Å². The zero-order chi connectivity index (χ0) is 65.4.